The standard InChI is InChI=1S/C24H46N4O7/c1-2-3-4-5-6-7-8-9-10-11-12-13-14-15-18(27-33)19(26-28-25)17-34-24-23(32)22(31)21(30)20(16-29)35-24/h18-24,29-32H,2-17H2,1H3/t18-,19+,20?,21?,22?,23?,24?/m1/s1. The summed E-state index contributed by atoms with van der Waals surface area (Å²) in [7, 11) is 0. The lowest BCUT2D eigenvalue weighted by Crippen LogP contribution is -2.59. The highest BCUT2D eigenvalue weighted by Crippen LogP contribution is 2.23. The van der Waals surface area contributed by atoms with Crippen molar-refractivity contribution in [1.29, 1.82) is 0 Å². The molecule has 1 rings (SSSR count). The Hall–Kier alpha value is -1.33. The Bertz CT molecular complexity index is 592. The van der Waals surface area contributed by atoms with Crippen LogP contribution < -0.4 is 0 Å². The zero-order valence-electron chi connectivity index (χ0n) is 21.2. The van der Waals surface area contributed by atoms with Gasteiger partial charge in [0, 0.05) is 4.91 Å². The predicted octanol–water partition coefficient (Wildman–Crippen LogP) is 4.10. The van der Waals surface area contributed by atoms with Crippen LogP contribution in [0, 0.1) is 4.91 Å². The summed E-state index contributed by atoms with van der Waals surface area (Å²) >= 11 is 0. The van der Waals surface area contributed by atoms with Crippen molar-refractivity contribution in [2.24, 2.45) is 10.3 Å². The van der Waals surface area contributed by atoms with Crippen molar-refractivity contribution >= 4 is 0 Å². The molecule has 1 aliphatic rings. The summed E-state index contributed by atoms with van der Waals surface area (Å²) in [5, 5.41) is 45.8. The molecule has 0 aromatic rings. The van der Waals surface area contributed by atoms with Crippen LogP contribution in [-0.2, 0) is 9.47 Å². The molecular weight excluding hydrogens is 456 g/mol. The lowest BCUT2D eigenvalue weighted by atomic mass is 9.99. The number of aliphatic hydroxyl groups is 4. The summed E-state index contributed by atoms with van der Waals surface area (Å²) in [5.74, 6) is 0. The number of ether oxygens (including phenoxy) is 2. The monoisotopic (exact) mass is 502 g/mol. The summed E-state index contributed by atoms with van der Waals surface area (Å²) in [4.78, 5) is 14.2. The van der Waals surface area contributed by atoms with E-state index in [9.17, 15) is 25.3 Å². The van der Waals surface area contributed by atoms with Crippen LogP contribution in [0.1, 0.15) is 96.8 Å². The number of aliphatic hydroxyl groups excluding tert-OH is 4. The molecule has 1 heterocycles. The maximum Gasteiger partial charge on any atom is 0.186 e. The number of nitroso groups, excluding NO2 is 1. The molecule has 5 unspecified atom stereocenters. The Labute approximate surface area is 208 Å². The summed E-state index contributed by atoms with van der Waals surface area (Å²) in [6.45, 7) is 1.39. The van der Waals surface area contributed by atoms with E-state index in [-0.39, 0.29) is 6.61 Å². The summed E-state index contributed by atoms with van der Waals surface area (Å²) < 4.78 is 10.7. The van der Waals surface area contributed by atoms with Crippen molar-refractivity contribution < 1.29 is 29.9 Å². The molecule has 4 N–H and O–H groups in total. The molecular formula is C24H46N4O7. The van der Waals surface area contributed by atoms with Gasteiger partial charge in [-0.15, -0.1) is 0 Å². The van der Waals surface area contributed by atoms with Gasteiger partial charge < -0.3 is 29.9 Å². The van der Waals surface area contributed by atoms with Crippen LogP contribution >= 0.6 is 0 Å². The van der Waals surface area contributed by atoms with E-state index >= 15 is 0 Å². The van der Waals surface area contributed by atoms with Crippen molar-refractivity contribution in [3.05, 3.63) is 15.3 Å². The molecule has 7 atom stereocenters. The lowest BCUT2D eigenvalue weighted by Gasteiger charge is -2.39. The van der Waals surface area contributed by atoms with E-state index in [1.54, 1.807) is 0 Å². The molecule has 0 aromatic heterocycles. The average Bonchev–Trinajstić information content (AvgIpc) is 2.86. The third kappa shape index (κ3) is 12.5. The lowest BCUT2D eigenvalue weighted by molar-refractivity contribution is -0.301. The molecule has 0 aliphatic carbocycles. The Kier molecular flexibility index (Phi) is 17.9. The van der Waals surface area contributed by atoms with Gasteiger partial charge in [-0.2, -0.15) is 4.91 Å². The minimum Gasteiger partial charge on any atom is -0.394 e. The number of unbranched alkanes of at least 4 members (excludes halogenated alkanes) is 12. The largest absolute Gasteiger partial charge is 0.394 e. The highest BCUT2D eigenvalue weighted by molar-refractivity contribution is 4.90. The van der Waals surface area contributed by atoms with Gasteiger partial charge in [0.15, 0.2) is 6.29 Å². The number of rotatable bonds is 21. The fourth-order valence-electron chi connectivity index (χ4n) is 4.37. The van der Waals surface area contributed by atoms with Gasteiger partial charge >= 0.3 is 0 Å². The average molecular weight is 503 g/mol. The van der Waals surface area contributed by atoms with Crippen LogP contribution in [0.15, 0.2) is 10.3 Å². The molecule has 1 aliphatic heterocycles. The molecule has 0 bridgehead atoms. The van der Waals surface area contributed by atoms with Crippen LogP contribution in [0.2, 0.25) is 0 Å². The normalized spacial score (nSPS) is 26.1. The zero-order valence-corrected chi connectivity index (χ0v) is 21.2. The molecule has 35 heavy (non-hydrogen) atoms. The van der Waals surface area contributed by atoms with Crippen molar-refractivity contribution in [2.75, 3.05) is 13.2 Å². The summed E-state index contributed by atoms with van der Waals surface area (Å²) in [5.41, 5.74) is 8.88. The molecule has 0 spiro atoms. The first-order valence-electron chi connectivity index (χ1n) is 13.3. The zero-order chi connectivity index (χ0) is 25.9. The van der Waals surface area contributed by atoms with E-state index in [1.807, 2.05) is 0 Å². The number of nitrogens with zero attached hydrogens (tertiary/aromatic N) is 4. The molecule has 0 radical (unpaired) electrons. The molecule has 1 saturated heterocycles. The number of azide groups is 1. The Morgan fingerprint density at radius 1 is 0.857 bits per heavy atom. The molecule has 0 saturated carbocycles. The van der Waals surface area contributed by atoms with Gasteiger partial charge in [-0.3, -0.25) is 0 Å². The topological polar surface area (TPSA) is 178 Å². The van der Waals surface area contributed by atoms with Gasteiger partial charge in [0.2, 0.25) is 0 Å². The van der Waals surface area contributed by atoms with Crippen molar-refractivity contribution in [2.45, 2.75) is 140 Å². The second-order valence-corrected chi connectivity index (χ2v) is 9.51. The Morgan fingerprint density at radius 3 is 1.89 bits per heavy atom. The number of hydrogen-bond acceptors (Lipinski definition) is 9. The van der Waals surface area contributed by atoms with Crippen molar-refractivity contribution in [3.63, 3.8) is 0 Å². The van der Waals surface area contributed by atoms with Gasteiger partial charge in [-0.1, -0.05) is 101 Å². The van der Waals surface area contributed by atoms with Crippen LogP contribution in [0.5, 0.6) is 0 Å². The van der Waals surface area contributed by atoms with Crippen LogP contribution in [0.3, 0.4) is 0 Å². The molecule has 204 valence electrons. The van der Waals surface area contributed by atoms with Gasteiger partial charge in [-0.05, 0) is 12.0 Å². The SMILES string of the molecule is CCCCCCCCCCCCCCC[C@@H](N=O)[C@H](COC1OC(CO)C(O)C(O)C1O)N=[N+]=[N-]. The second kappa shape index (κ2) is 19.8. The van der Waals surface area contributed by atoms with E-state index < -0.39 is 49.4 Å². The van der Waals surface area contributed by atoms with Gasteiger partial charge in [0.05, 0.1) is 19.3 Å². The minimum absolute atomic E-state index is 0.262. The van der Waals surface area contributed by atoms with E-state index in [2.05, 4.69) is 22.1 Å². The second-order valence-electron chi connectivity index (χ2n) is 9.51. The quantitative estimate of drug-likeness (QED) is 0.0600. The summed E-state index contributed by atoms with van der Waals surface area (Å²) in [6, 6.07) is -1.69. The third-order valence-corrected chi connectivity index (χ3v) is 6.66. The highest BCUT2D eigenvalue weighted by atomic mass is 16.7. The Morgan fingerprint density at radius 2 is 1.40 bits per heavy atom. The maximum atomic E-state index is 11.4. The van der Waals surface area contributed by atoms with Gasteiger partial charge in [0.25, 0.3) is 0 Å². The first-order chi connectivity index (χ1) is 17.0. The van der Waals surface area contributed by atoms with Crippen molar-refractivity contribution in [3.8, 4) is 0 Å². The fourth-order valence-corrected chi connectivity index (χ4v) is 4.37. The van der Waals surface area contributed by atoms with Gasteiger partial charge in [-0.25, -0.2) is 0 Å². The van der Waals surface area contributed by atoms with Crippen LogP contribution in [0.25, 0.3) is 10.4 Å². The van der Waals surface area contributed by atoms with Gasteiger partial charge in [0.1, 0.15) is 30.5 Å². The molecule has 11 nitrogen and oxygen atoms in total. The first-order valence-corrected chi connectivity index (χ1v) is 13.3. The van der Waals surface area contributed by atoms with E-state index in [1.165, 1.54) is 57.8 Å². The van der Waals surface area contributed by atoms with E-state index in [0.29, 0.717) is 6.42 Å². The Balaban J connectivity index is 2.28. The van der Waals surface area contributed by atoms with Crippen molar-refractivity contribution in [1.82, 2.24) is 0 Å². The van der Waals surface area contributed by atoms with Crippen LogP contribution in [0.4, 0.5) is 0 Å². The fraction of sp³-hybridized carbons (Fsp3) is 1.00. The van der Waals surface area contributed by atoms with E-state index in [4.69, 9.17) is 15.0 Å². The molecule has 11 heteroatoms. The molecule has 0 amide bonds. The molecule has 1 fully saturated rings. The first kappa shape index (κ1) is 31.7. The highest BCUT2D eigenvalue weighted by Gasteiger charge is 2.44. The number of hydrogen-bond donors (Lipinski definition) is 4. The minimum atomic E-state index is -1.57. The third-order valence-electron chi connectivity index (χ3n) is 6.66. The predicted molar refractivity (Wildman–Crippen MR) is 133 cm³/mol. The summed E-state index contributed by atoms with van der Waals surface area (Å²) in [6.07, 6.45) is 9.09. The smallest absolute Gasteiger partial charge is 0.186 e. The van der Waals surface area contributed by atoms with E-state index in [0.717, 1.165) is 25.7 Å². The maximum absolute atomic E-state index is 11.4. The molecule has 0 aromatic carbocycles. The van der Waals surface area contributed by atoms with Crippen LogP contribution in [-0.4, -0.2) is 76.4 Å².